The Bertz CT molecular complexity index is 1040. The highest BCUT2D eigenvalue weighted by Gasteiger charge is 2.17. The molecule has 0 aliphatic rings. The molecule has 5 heteroatoms. The number of halogens is 1. The Balaban J connectivity index is 2.20. The lowest BCUT2D eigenvalue weighted by atomic mass is 9.95. The molecule has 2 heterocycles. The number of benzene rings is 2. The number of aromatic amines is 2. The highest BCUT2D eigenvalue weighted by molar-refractivity contribution is 6.01. The van der Waals surface area contributed by atoms with Gasteiger partial charge < -0.3 is 9.97 Å². The van der Waals surface area contributed by atoms with Crippen molar-refractivity contribution in [2.45, 2.75) is 0 Å². The topological polar surface area (TPSA) is 61.5 Å². The molecule has 112 valence electrons. The molecule has 0 radical (unpaired) electrons. The van der Waals surface area contributed by atoms with Crippen molar-refractivity contribution in [2.24, 2.45) is 0 Å². The summed E-state index contributed by atoms with van der Waals surface area (Å²) in [6.45, 7) is 0. The van der Waals surface area contributed by atoms with E-state index < -0.39 is 0 Å². The first-order valence-electron chi connectivity index (χ1n) is 7.14. The van der Waals surface area contributed by atoms with Gasteiger partial charge in [0, 0.05) is 16.5 Å². The molecule has 0 aliphatic carbocycles. The number of pyridine rings is 1. The summed E-state index contributed by atoms with van der Waals surface area (Å²) in [4.78, 5) is 22.4. The minimum atomic E-state index is -0.350. The Morgan fingerprint density at radius 2 is 1.83 bits per heavy atom. The number of imidazole rings is 1. The molecular weight excluding hydrogens is 293 g/mol. The first-order valence-corrected chi connectivity index (χ1v) is 7.14. The van der Waals surface area contributed by atoms with Crippen molar-refractivity contribution in [3.05, 3.63) is 77.2 Å². The Hall–Kier alpha value is -3.21. The van der Waals surface area contributed by atoms with Crippen LogP contribution < -0.4 is 5.56 Å². The van der Waals surface area contributed by atoms with E-state index in [-0.39, 0.29) is 11.4 Å². The van der Waals surface area contributed by atoms with E-state index in [1.165, 1.54) is 18.5 Å². The van der Waals surface area contributed by atoms with E-state index in [0.717, 1.165) is 5.56 Å². The summed E-state index contributed by atoms with van der Waals surface area (Å²) in [5, 5.41) is 0.653. The summed E-state index contributed by atoms with van der Waals surface area (Å²) in [5.41, 5.74) is 2.93. The molecule has 4 aromatic rings. The summed E-state index contributed by atoms with van der Waals surface area (Å²) < 4.78 is 13.8. The lowest BCUT2D eigenvalue weighted by molar-refractivity contribution is 0.629. The van der Waals surface area contributed by atoms with Crippen LogP contribution in [-0.2, 0) is 0 Å². The van der Waals surface area contributed by atoms with Crippen LogP contribution in [0.5, 0.6) is 0 Å². The summed E-state index contributed by atoms with van der Waals surface area (Å²) in [6.07, 6.45) is 3.10. The van der Waals surface area contributed by atoms with Crippen molar-refractivity contribution in [1.82, 2.24) is 15.0 Å². The zero-order valence-electron chi connectivity index (χ0n) is 12.0. The van der Waals surface area contributed by atoms with E-state index in [1.54, 1.807) is 12.3 Å². The van der Waals surface area contributed by atoms with E-state index >= 15 is 0 Å². The summed E-state index contributed by atoms with van der Waals surface area (Å²) in [5.74, 6) is -0.350. The van der Waals surface area contributed by atoms with Crippen LogP contribution in [0.3, 0.4) is 0 Å². The Labute approximate surface area is 130 Å². The van der Waals surface area contributed by atoms with Crippen LogP contribution in [0.25, 0.3) is 33.3 Å². The highest BCUT2D eigenvalue weighted by atomic mass is 19.1. The fraction of sp³-hybridized carbons (Fsp3) is 0. The van der Waals surface area contributed by atoms with Crippen LogP contribution in [0.15, 0.2) is 65.8 Å². The zero-order chi connectivity index (χ0) is 15.8. The average molecular weight is 305 g/mol. The normalized spacial score (nSPS) is 11.0. The third kappa shape index (κ3) is 2.23. The maximum Gasteiger partial charge on any atom is 0.258 e. The number of hydrogen-bond acceptors (Lipinski definition) is 2. The molecule has 0 bridgehead atoms. The number of nitrogens with zero attached hydrogens (tertiary/aromatic N) is 1. The van der Waals surface area contributed by atoms with Crippen molar-refractivity contribution in [1.29, 1.82) is 0 Å². The first kappa shape index (κ1) is 13.5. The number of hydrogen-bond donors (Lipinski definition) is 2. The van der Waals surface area contributed by atoms with Gasteiger partial charge in [0.05, 0.1) is 23.8 Å². The second-order valence-corrected chi connectivity index (χ2v) is 5.23. The van der Waals surface area contributed by atoms with Crippen LogP contribution in [0, 0.1) is 5.82 Å². The van der Waals surface area contributed by atoms with Gasteiger partial charge in [-0.3, -0.25) is 4.79 Å². The lowest BCUT2D eigenvalue weighted by Gasteiger charge is -2.12. The van der Waals surface area contributed by atoms with Crippen LogP contribution in [0.4, 0.5) is 4.39 Å². The van der Waals surface area contributed by atoms with Gasteiger partial charge in [-0.25, -0.2) is 9.37 Å². The molecule has 2 aromatic heterocycles. The number of nitrogens with one attached hydrogen (secondary N) is 2. The van der Waals surface area contributed by atoms with E-state index in [0.29, 0.717) is 27.7 Å². The molecule has 4 rings (SSSR count). The van der Waals surface area contributed by atoms with Crippen LogP contribution >= 0.6 is 0 Å². The van der Waals surface area contributed by atoms with Gasteiger partial charge in [-0.2, -0.15) is 0 Å². The van der Waals surface area contributed by atoms with E-state index in [4.69, 9.17) is 0 Å². The second-order valence-electron chi connectivity index (χ2n) is 5.23. The summed E-state index contributed by atoms with van der Waals surface area (Å²) in [6, 6.07) is 13.8. The van der Waals surface area contributed by atoms with E-state index in [1.807, 2.05) is 30.3 Å². The fourth-order valence-electron chi connectivity index (χ4n) is 2.82. The standard InChI is InChI=1S/C18H12FN3O/c19-12-6-7-14-13(8-12)16(11-4-2-1-3-5-11)17(18(23)22-14)15-9-20-10-21-15/h1-10H,(H,20,21)(H,22,23). The maximum atomic E-state index is 13.8. The number of H-pyrrole nitrogens is 2. The number of rotatable bonds is 2. The molecule has 2 aromatic carbocycles. The van der Waals surface area contributed by atoms with Crippen LogP contribution in [0.1, 0.15) is 0 Å². The molecule has 0 spiro atoms. The van der Waals surface area contributed by atoms with Crippen molar-refractivity contribution in [3.8, 4) is 22.4 Å². The molecule has 0 saturated heterocycles. The minimum Gasteiger partial charge on any atom is -0.344 e. The monoisotopic (exact) mass is 305 g/mol. The van der Waals surface area contributed by atoms with Gasteiger partial charge >= 0.3 is 0 Å². The molecule has 0 aliphatic heterocycles. The highest BCUT2D eigenvalue weighted by Crippen LogP contribution is 2.34. The minimum absolute atomic E-state index is 0.243. The lowest BCUT2D eigenvalue weighted by Crippen LogP contribution is -2.11. The van der Waals surface area contributed by atoms with Gasteiger partial charge in [-0.05, 0) is 23.8 Å². The molecule has 0 amide bonds. The van der Waals surface area contributed by atoms with Gasteiger partial charge in [0.15, 0.2) is 0 Å². The van der Waals surface area contributed by atoms with Crippen molar-refractivity contribution < 1.29 is 4.39 Å². The number of aromatic nitrogens is 3. The van der Waals surface area contributed by atoms with Crippen molar-refractivity contribution in [2.75, 3.05) is 0 Å². The smallest absolute Gasteiger partial charge is 0.258 e. The molecule has 0 fully saturated rings. The summed E-state index contributed by atoms with van der Waals surface area (Å²) >= 11 is 0. The van der Waals surface area contributed by atoms with Crippen molar-refractivity contribution >= 4 is 10.9 Å². The quantitative estimate of drug-likeness (QED) is 0.593. The van der Waals surface area contributed by atoms with E-state index in [2.05, 4.69) is 15.0 Å². The first-order chi connectivity index (χ1) is 11.2. The number of fused-ring (bicyclic) bond motifs is 1. The molecule has 23 heavy (non-hydrogen) atoms. The molecule has 0 saturated carbocycles. The van der Waals surface area contributed by atoms with Gasteiger partial charge in [-0.15, -0.1) is 0 Å². The van der Waals surface area contributed by atoms with Crippen molar-refractivity contribution in [3.63, 3.8) is 0 Å². The maximum absolute atomic E-state index is 13.8. The zero-order valence-corrected chi connectivity index (χ0v) is 12.0. The Morgan fingerprint density at radius 3 is 2.57 bits per heavy atom. The van der Waals surface area contributed by atoms with Gasteiger partial charge in [0.2, 0.25) is 0 Å². The molecular formula is C18H12FN3O. The average Bonchev–Trinajstić information content (AvgIpc) is 3.09. The van der Waals surface area contributed by atoms with Gasteiger partial charge in [0.1, 0.15) is 5.82 Å². The molecule has 0 unspecified atom stereocenters. The second kappa shape index (κ2) is 5.21. The van der Waals surface area contributed by atoms with Crippen LogP contribution in [0.2, 0.25) is 0 Å². The van der Waals surface area contributed by atoms with Crippen LogP contribution in [-0.4, -0.2) is 15.0 Å². The predicted molar refractivity (Wildman–Crippen MR) is 87.5 cm³/mol. The van der Waals surface area contributed by atoms with E-state index in [9.17, 15) is 9.18 Å². The molecule has 4 nitrogen and oxygen atoms in total. The Morgan fingerprint density at radius 1 is 1.00 bits per heavy atom. The third-order valence-corrected chi connectivity index (χ3v) is 3.81. The third-order valence-electron chi connectivity index (χ3n) is 3.81. The van der Waals surface area contributed by atoms with Gasteiger partial charge in [0.25, 0.3) is 5.56 Å². The molecule has 0 atom stereocenters. The largest absolute Gasteiger partial charge is 0.344 e. The SMILES string of the molecule is O=c1[nH]c2ccc(F)cc2c(-c2ccccc2)c1-c1cnc[nH]1. The molecule has 2 N–H and O–H groups in total. The van der Waals surface area contributed by atoms with Gasteiger partial charge in [-0.1, -0.05) is 30.3 Å². The fourth-order valence-corrected chi connectivity index (χ4v) is 2.82. The Kier molecular flexibility index (Phi) is 3.05. The predicted octanol–water partition coefficient (Wildman–Crippen LogP) is 3.72. The summed E-state index contributed by atoms with van der Waals surface area (Å²) in [7, 11) is 0.